The van der Waals surface area contributed by atoms with E-state index in [0.717, 1.165) is 12.0 Å². The summed E-state index contributed by atoms with van der Waals surface area (Å²) in [7, 11) is 0.820. The van der Waals surface area contributed by atoms with E-state index in [1.54, 1.807) is 0 Å². The molecule has 1 saturated carbocycles. The molecule has 0 spiro atoms. The molecule has 2 aromatic rings. The quantitative estimate of drug-likeness (QED) is 0.292. The fourth-order valence-electron chi connectivity index (χ4n) is 5.56. The number of alkyl halides is 9. The van der Waals surface area contributed by atoms with Gasteiger partial charge in [-0.1, -0.05) is 12.1 Å². The number of hydrogen-bond donors (Lipinski definition) is 0. The van der Waals surface area contributed by atoms with Crippen LogP contribution >= 0.6 is 15.9 Å². The Labute approximate surface area is 254 Å². The van der Waals surface area contributed by atoms with Crippen LogP contribution < -0.4 is 4.90 Å². The van der Waals surface area contributed by atoms with Gasteiger partial charge in [-0.25, -0.2) is 9.59 Å². The fourth-order valence-corrected chi connectivity index (χ4v) is 6.14. The molecule has 0 bridgehead atoms. The molecule has 6 nitrogen and oxygen atoms in total. The lowest BCUT2D eigenvalue weighted by Gasteiger charge is -2.49. The molecular weight excluding hydrogens is 679 g/mol. The maximum atomic E-state index is 15.2. The molecule has 1 fully saturated rings. The van der Waals surface area contributed by atoms with Gasteiger partial charge in [0.1, 0.15) is 5.92 Å². The number of carbonyl (C=O) groups excluding carboxylic acids is 2. The van der Waals surface area contributed by atoms with Crippen molar-refractivity contribution >= 4 is 33.8 Å². The standard InChI is InChI=1S/C28H26BrF9N2O4/c1-13(2)44-25(42)40-21(15-7-8-15)20(28(36,37)38)23(18-5-4-6-19(29)22(18)40)39(24(41)43-3)12-14-9-16(26(30,31)32)11-17(10-14)27(33,34)35/h4-6,9-11,13,15,20-21,23H,7-8,12H2,1-3H3/t20-,21+,23?/m0/s1. The zero-order valence-corrected chi connectivity index (χ0v) is 24.9. The highest BCUT2D eigenvalue weighted by molar-refractivity contribution is 9.10. The van der Waals surface area contributed by atoms with Gasteiger partial charge in [0.2, 0.25) is 0 Å². The number of methoxy groups -OCH3 is 1. The number of carbonyl (C=O) groups is 2. The molecule has 242 valence electrons. The largest absolute Gasteiger partial charge is 0.453 e. The summed E-state index contributed by atoms with van der Waals surface area (Å²) in [5.74, 6) is -3.22. The fraction of sp³-hybridized carbons (Fsp3) is 0.500. The van der Waals surface area contributed by atoms with Gasteiger partial charge in [0, 0.05) is 16.6 Å². The van der Waals surface area contributed by atoms with Crippen LogP contribution in [0.15, 0.2) is 40.9 Å². The Hall–Kier alpha value is -3.17. The molecule has 0 aromatic heterocycles. The Bertz CT molecular complexity index is 1370. The number of nitrogens with zero attached hydrogens (tertiary/aromatic N) is 2. The maximum Gasteiger partial charge on any atom is 0.416 e. The molecule has 44 heavy (non-hydrogen) atoms. The zero-order chi connectivity index (χ0) is 32.9. The van der Waals surface area contributed by atoms with E-state index in [4.69, 9.17) is 9.47 Å². The lowest BCUT2D eigenvalue weighted by Crippen LogP contribution is -2.59. The first-order valence-corrected chi connectivity index (χ1v) is 14.0. The molecule has 1 aliphatic carbocycles. The summed E-state index contributed by atoms with van der Waals surface area (Å²) in [6.45, 7) is 1.89. The minimum absolute atomic E-state index is 0.0746. The first-order valence-electron chi connectivity index (χ1n) is 13.2. The Balaban J connectivity index is 1.98. The Kier molecular flexibility index (Phi) is 9.17. The van der Waals surface area contributed by atoms with Crippen LogP contribution in [0.1, 0.15) is 55.0 Å². The number of halogens is 10. The number of rotatable bonds is 5. The maximum absolute atomic E-state index is 15.2. The molecule has 16 heteroatoms. The van der Waals surface area contributed by atoms with Crippen molar-refractivity contribution in [1.29, 1.82) is 0 Å². The van der Waals surface area contributed by atoms with Crippen LogP contribution in [0.5, 0.6) is 0 Å². The van der Waals surface area contributed by atoms with Crippen LogP contribution in [-0.4, -0.2) is 42.5 Å². The third kappa shape index (κ3) is 6.89. The lowest BCUT2D eigenvalue weighted by molar-refractivity contribution is -0.200. The minimum Gasteiger partial charge on any atom is -0.453 e. The van der Waals surface area contributed by atoms with E-state index >= 15 is 13.2 Å². The first-order chi connectivity index (χ1) is 20.3. The number of hydrogen-bond acceptors (Lipinski definition) is 4. The molecule has 2 amide bonds. The Morgan fingerprint density at radius 2 is 1.55 bits per heavy atom. The second-order valence-corrected chi connectivity index (χ2v) is 11.7. The van der Waals surface area contributed by atoms with E-state index < -0.39 is 84.0 Å². The Morgan fingerprint density at radius 3 is 2.00 bits per heavy atom. The van der Waals surface area contributed by atoms with E-state index in [9.17, 15) is 35.9 Å². The highest BCUT2D eigenvalue weighted by Gasteiger charge is 2.62. The van der Waals surface area contributed by atoms with Crippen LogP contribution in [0, 0.1) is 11.8 Å². The molecule has 0 saturated heterocycles. The number of ether oxygens (including phenoxy) is 2. The molecule has 1 heterocycles. The van der Waals surface area contributed by atoms with Gasteiger partial charge in [0.05, 0.1) is 42.1 Å². The average Bonchev–Trinajstić information content (AvgIpc) is 3.73. The van der Waals surface area contributed by atoms with Gasteiger partial charge in [0.25, 0.3) is 0 Å². The van der Waals surface area contributed by atoms with Crippen molar-refractivity contribution < 1.29 is 58.6 Å². The van der Waals surface area contributed by atoms with Gasteiger partial charge < -0.3 is 9.47 Å². The van der Waals surface area contributed by atoms with E-state index in [0.29, 0.717) is 17.0 Å². The third-order valence-corrected chi connectivity index (χ3v) is 7.99. The predicted molar refractivity (Wildman–Crippen MR) is 141 cm³/mol. The smallest absolute Gasteiger partial charge is 0.416 e. The highest BCUT2D eigenvalue weighted by atomic mass is 79.9. The van der Waals surface area contributed by atoms with Crippen LogP contribution in [0.25, 0.3) is 0 Å². The van der Waals surface area contributed by atoms with Gasteiger partial charge in [-0.3, -0.25) is 9.80 Å². The van der Waals surface area contributed by atoms with Crippen molar-refractivity contribution in [2.24, 2.45) is 11.8 Å². The molecule has 2 aromatic carbocycles. The summed E-state index contributed by atoms with van der Waals surface area (Å²) in [6, 6.07) is 0.864. The van der Waals surface area contributed by atoms with Crippen LogP contribution in [0.4, 0.5) is 54.8 Å². The molecule has 1 aliphatic heterocycles. The van der Waals surface area contributed by atoms with E-state index in [1.165, 1.54) is 32.0 Å². The van der Waals surface area contributed by atoms with Crippen molar-refractivity contribution in [2.45, 2.75) is 70.0 Å². The summed E-state index contributed by atoms with van der Waals surface area (Å²) >= 11 is 3.27. The monoisotopic (exact) mass is 704 g/mol. The zero-order valence-electron chi connectivity index (χ0n) is 23.3. The molecule has 4 rings (SSSR count). The average molecular weight is 705 g/mol. The van der Waals surface area contributed by atoms with Crippen molar-refractivity contribution in [1.82, 2.24) is 4.90 Å². The number of fused-ring (bicyclic) bond motifs is 1. The van der Waals surface area contributed by atoms with Crippen molar-refractivity contribution in [3.05, 3.63) is 63.1 Å². The molecule has 2 aliphatic rings. The summed E-state index contributed by atoms with van der Waals surface area (Å²) in [5.41, 5.74) is -4.46. The summed E-state index contributed by atoms with van der Waals surface area (Å²) in [6.07, 6.45) is -18.3. The molecule has 1 unspecified atom stereocenters. The van der Waals surface area contributed by atoms with Gasteiger partial charge in [-0.05, 0) is 78.4 Å². The predicted octanol–water partition coefficient (Wildman–Crippen LogP) is 9.12. The topological polar surface area (TPSA) is 59.1 Å². The number of para-hydroxylation sites is 1. The minimum atomic E-state index is -5.24. The van der Waals surface area contributed by atoms with Crippen molar-refractivity contribution in [3.63, 3.8) is 0 Å². The Morgan fingerprint density at radius 1 is 0.977 bits per heavy atom. The van der Waals surface area contributed by atoms with E-state index in [2.05, 4.69) is 15.9 Å². The molecule has 0 N–H and O–H groups in total. The van der Waals surface area contributed by atoms with E-state index in [-0.39, 0.29) is 34.6 Å². The van der Waals surface area contributed by atoms with Crippen molar-refractivity contribution in [3.8, 4) is 0 Å². The SMILES string of the molecule is COC(=O)N(Cc1cc(C(F)(F)F)cc(C(F)(F)F)c1)C1c2cccc(Br)c2N(C(=O)OC(C)C)[C@H](C2CC2)[C@@H]1C(F)(F)F. The van der Waals surface area contributed by atoms with Gasteiger partial charge >= 0.3 is 30.7 Å². The third-order valence-electron chi connectivity index (χ3n) is 7.35. The summed E-state index contributed by atoms with van der Waals surface area (Å²) < 4.78 is 137. The number of anilines is 1. The van der Waals surface area contributed by atoms with Crippen LogP contribution in [-0.2, 0) is 28.4 Å². The van der Waals surface area contributed by atoms with Gasteiger partial charge in [0.15, 0.2) is 0 Å². The van der Waals surface area contributed by atoms with Gasteiger partial charge in [-0.2, -0.15) is 39.5 Å². The molecular formula is C28H26BrF9N2O4. The van der Waals surface area contributed by atoms with Crippen LogP contribution in [0.2, 0.25) is 0 Å². The van der Waals surface area contributed by atoms with Crippen molar-refractivity contribution in [2.75, 3.05) is 12.0 Å². The normalized spacial score (nSPS) is 20.8. The molecule has 0 radical (unpaired) electrons. The number of benzene rings is 2. The first kappa shape index (κ1) is 33.7. The lowest BCUT2D eigenvalue weighted by atomic mass is 9.77. The summed E-state index contributed by atoms with van der Waals surface area (Å²) in [5, 5.41) is 0. The van der Waals surface area contributed by atoms with E-state index in [1.807, 2.05) is 0 Å². The summed E-state index contributed by atoms with van der Waals surface area (Å²) in [4.78, 5) is 27.9. The highest BCUT2D eigenvalue weighted by Crippen LogP contribution is 2.57. The second kappa shape index (κ2) is 12.0. The van der Waals surface area contributed by atoms with Crippen LogP contribution in [0.3, 0.4) is 0 Å². The molecule has 3 atom stereocenters. The van der Waals surface area contributed by atoms with Gasteiger partial charge in [-0.15, -0.1) is 0 Å². The number of amides is 2. The second-order valence-electron chi connectivity index (χ2n) is 10.8.